The van der Waals surface area contributed by atoms with Crippen LogP contribution in [0.1, 0.15) is 49.1 Å². The van der Waals surface area contributed by atoms with Crippen molar-refractivity contribution in [2.45, 2.75) is 38.5 Å². The molecule has 1 unspecified atom stereocenters. The number of fused-ring (bicyclic) bond motifs is 1. The Hall–Kier alpha value is -4.91. The van der Waals surface area contributed by atoms with Gasteiger partial charge in [-0.2, -0.15) is 17.9 Å². The second kappa shape index (κ2) is 16.2. The number of anilines is 2. The van der Waals surface area contributed by atoms with Crippen LogP contribution >= 0.6 is 11.6 Å². The molecule has 2 N–H and O–H groups in total. The minimum absolute atomic E-state index is 0.0260. The molecule has 0 saturated carbocycles. The third kappa shape index (κ3) is 9.00. The minimum atomic E-state index is -5.12. The summed E-state index contributed by atoms with van der Waals surface area (Å²) in [6.07, 6.45) is -1.90. The van der Waals surface area contributed by atoms with Crippen molar-refractivity contribution in [1.29, 1.82) is 0 Å². The second-order valence-electron chi connectivity index (χ2n) is 11.6. The van der Waals surface area contributed by atoms with Gasteiger partial charge >= 0.3 is 12.1 Å². The molecule has 262 valence electrons. The maximum Gasteiger partial charge on any atom is 0.471 e. The predicted octanol–water partition coefficient (Wildman–Crippen LogP) is 7.24. The Labute approximate surface area is 292 Å². The van der Waals surface area contributed by atoms with E-state index in [0.29, 0.717) is 52.0 Å². The van der Waals surface area contributed by atoms with Crippen LogP contribution in [0.5, 0.6) is 5.75 Å². The van der Waals surface area contributed by atoms with Gasteiger partial charge < -0.3 is 30.0 Å². The number of hydrogen-bond donors (Lipinski definition) is 2. The first-order valence-corrected chi connectivity index (χ1v) is 16.3. The van der Waals surface area contributed by atoms with Gasteiger partial charge in [0.1, 0.15) is 17.4 Å². The fourth-order valence-corrected chi connectivity index (χ4v) is 5.52. The van der Waals surface area contributed by atoms with Gasteiger partial charge in [-0.05, 0) is 83.6 Å². The number of hydrogen-bond acceptors (Lipinski definition) is 6. The molecule has 0 bridgehead atoms. The summed E-state index contributed by atoms with van der Waals surface area (Å²) >= 11 is 5.83. The lowest BCUT2D eigenvalue weighted by Crippen LogP contribution is -2.42. The first-order valence-electron chi connectivity index (χ1n) is 16.0. The fraction of sp³-hybridized carbons (Fsp3) is 0.270. The van der Waals surface area contributed by atoms with E-state index in [1.807, 2.05) is 12.1 Å². The molecule has 4 aromatic rings. The SMILES string of the molecule is CCCCOCCOc1ccc(-c2ccc3c(c2)C=C(C(=O)Nc2ccc(C(O)c4ccc(Cl)c[n+]4[O-])cc2)CCN3C(=O)C(F)(F)F)cc1. The first kappa shape index (κ1) is 36.4. The summed E-state index contributed by atoms with van der Waals surface area (Å²) in [6, 6.07) is 20.9. The summed E-state index contributed by atoms with van der Waals surface area (Å²) in [4.78, 5) is 26.6. The van der Waals surface area contributed by atoms with Crippen LogP contribution in [-0.4, -0.2) is 49.5 Å². The average Bonchev–Trinajstić information content (AvgIpc) is 3.29. The lowest BCUT2D eigenvalue weighted by Gasteiger charge is -2.24. The number of aliphatic hydroxyl groups excluding tert-OH is 1. The molecule has 1 aliphatic rings. The van der Waals surface area contributed by atoms with Gasteiger partial charge in [0.2, 0.25) is 5.69 Å². The Morgan fingerprint density at radius 1 is 1.00 bits per heavy atom. The van der Waals surface area contributed by atoms with Crippen molar-refractivity contribution >= 4 is 40.9 Å². The molecule has 0 radical (unpaired) electrons. The van der Waals surface area contributed by atoms with E-state index in [0.717, 1.165) is 24.6 Å². The number of halogens is 4. The number of amides is 2. The Balaban J connectivity index is 1.35. The monoisotopic (exact) mass is 709 g/mol. The predicted molar refractivity (Wildman–Crippen MR) is 184 cm³/mol. The number of nitrogens with zero attached hydrogens (tertiary/aromatic N) is 2. The molecule has 0 saturated heterocycles. The van der Waals surface area contributed by atoms with Crippen LogP contribution in [0.2, 0.25) is 5.02 Å². The van der Waals surface area contributed by atoms with Crippen LogP contribution in [0.25, 0.3) is 17.2 Å². The third-order valence-electron chi connectivity index (χ3n) is 8.03. The van der Waals surface area contributed by atoms with Gasteiger partial charge in [0, 0.05) is 30.5 Å². The highest BCUT2D eigenvalue weighted by Gasteiger charge is 2.44. The number of carbonyl (C=O) groups is 2. The topological polar surface area (TPSA) is 115 Å². The van der Waals surface area contributed by atoms with E-state index in [4.69, 9.17) is 21.1 Å². The lowest BCUT2D eigenvalue weighted by molar-refractivity contribution is -0.617. The van der Waals surface area contributed by atoms with Crippen molar-refractivity contribution in [1.82, 2.24) is 0 Å². The molecule has 50 heavy (non-hydrogen) atoms. The Kier molecular flexibility index (Phi) is 11.8. The maximum absolute atomic E-state index is 13.6. The van der Waals surface area contributed by atoms with Crippen molar-refractivity contribution in [2.24, 2.45) is 0 Å². The summed E-state index contributed by atoms with van der Waals surface area (Å²) in [5.74, 6) is -1.98. The van der Waals surface area contributed by atoms with Crippen molar-refractivity contribution in [3.05, 3.63) is 118 Å². The molecule has 0 fully saturated rings. The van der Waals surface area contributed by atoms with Crippen molar-refractivity contribution in [3.63, 3.8) is 0 Å². The Morgan fingerprint density at radius 3 is 2.40 bits per heavy atom. The van der Waals surface area contributed by atoms with Crippen LogP contribution < -0.4 is 19.7 Å². The quantitative estimate of drug-likeness (QED) is 0.0911. The fourth-order valence-electron chi connectivity index (χ4n) is 5.37. The first-order chi connectivity index (χ1) is 23.9. The molecule has 2 heterocycles. The summed E-state index contributed by atoms with van der Waals surface area (Å²) in [6.45, 7) is 3.23. The van der Waals surface area contributed by atoms with Gasteiger partial charge in [-0.15, -0.1) is 0 Å². The molecule has 0 aliphatic carbocycles. The third-order valence-corrected chi connectivity index (χ3v) is 8.25. The maximum atomic E-state index is 13.6. The number of unbranched alkanes of at least 4 members (excludes halogenated alkanes) is 1. The number of ether oxygens (including phenoxy) is 2. The highest BCUT2D eigenvalue weighted by atomic mass is 35.5. The van der Waals surface area contributed by atoms with Crippen LogP contribution in [0.4, 0.5) is 24.5 Å². The average molecular weight is 710 g/mol. The van der Waals surface area contributed by atoms with Crippen LogP contribution in [0.15, 0.2) is 90.6 Å². The van der Waals surface area contributed by atoms with E-state index in [-0.39, 0.29) is 40.5 Å². The molecule has 13 heteroatoms. The summed E-state index contributed by atoms with van der Waals surface area (Å²) in [7, 11) is 0. The van der Waals surface area contributed by atoms with Crippen LogP contribution in [-0.2, 0) is 14.3 Å². The molecule has 1 atom stereocenters. The number of aromatic nitrogens is 1. The van der Waals surface area contributed by atoms with Gasteiger partial charge in [-0.1, -0.05) is 55.3 Å². The number of aliphatic hydroxyl groups is 1. The number of benzene rings is 3. The molecular formula is C37H35ClF3N3O6. The number of pyridine rings is 1. The van der Waals surface area contributed by atoms with Gasteiger partial charge in [0.15, 0.2) is 12.3 Å². The smallest absolute Gasteiger partial charge is 0.471 e. The van der Waals surface area contributed by atoms with E-state index in [1.165, 1.54) is 48.5 Å². The van der Waals surface area contributed by atoms with E-state index < -0.39 is 24.1 Å². The summed E-state index contributed by atoms with van der Waals surface area (Å²) in [5.41, 5.74) is 2.63. The molecule has 9 nitrogen and oxygen atoms in total. The molecule has 2 amide bonds. The van der Waals surface area contributed by atoms with E-state index >= 15 is 0 Å². The van der Waals surface area contributed by atoms with E-state index in [9.17, 15) is 33.1 Å². The van der Waals surface area contributed by atoms with Gasteiger partial charge in [-0.25, -0.2) is 0 Å². The Morgan fingerprint density at radius 2 is 1.72 bits per heavy atom. The van der Waals surface area contributed by atoms with Crippen LogP contribution in [0.3, 0.4) is 0 Å². The molecule has 0 spiro atoms. The zero-order valence-corrected chi connectivity index (χ0v) is 27.8. The van der Waals surface area contributed by atoms with E-state index in [1.54, 1.807) is 24.3 Å². The Bertz CT molecular complexity index is 1850. The molecule has 3 aromatic carbocycles. The molecule has 1 aromatic heterocycles. The normalized spacial score (nSPS) is 13.6. The number of alkyl halides is 3. The molecular weight excluding hydrogens is 675 g/mol. The highest BCUT2D eigenvalue weighted by molar-refractivity contribution is 6.30. The van der Waals surface area contributed by atoms with Gasteiger partial charge in [0.05, 0.1) is 12.3 Å². The largest absolute Gasteiger partial charge is 0.618 e. The van der Waals surface area contributed by atoms with E-state index in [2.05, 4.69) is 12.2 Å². The van der Waals surface area contributed by atoms with Crippen LogP contribution in [0, 0.1) is 5.21 Å². The number of carbonyl (C=O) groups excluding carboxylic acids is 2. The molecule has 5 rings (SSSR count). The van der Waals surface area contributed by atoms with Gasteiger partial charge in [0.25, 0.3) is 5.91 Å². The second-order valence-corrected chi connectivity index (χ2v) is 12.0. The number of rotatable bonds is 12. The highest BCUT2D eigenvalue weighted by Crippen LogP contribution is 2.35. The summed E-state index contributed by atoms with van der Waals surface area (Å²) < 4.78 is 52.6. The zero-order chi connectivity index (χ0) is 35.8. The zero-order valence-electron chi connectivity index (χ0n) is 27.1. The standard InChI is InChI=1S/C37H35ClF3N3O6/c1-2-3-18-49-19-20-50-31-12-6-24(7-13-31)26-8-14-32-28(21-26)22-27(16-17-43(32)36(47)37(39,40)41)35(46)42-30-10-4-25(5-11-30)34(45)33-15-9-29(38)23-44(33)48/h4-15,21-23,34,45H,2-3,16-20H2,1H3,(H,42,46). The van der Waals surface area contributed by atoms with Crippen molar-refractivity contribution in [3.8, 4) is 16.9 Å². The molecule has 1 aliphatic heterocycles. The van der Waals surface area contributed by atoms with Crippen molar-refractivity contribution in [2.75, 3.05) is 36.6 Å². The van der Waals surface area contributed by atoms with Gasteiger partial charge in [-0.3, -0.25) is 9.59 Å². The summed E-state index contributed by atoms with van der Waals surface area (Å²) in [5, 5.41) is 25.8. The minimum Gasteiger partial charge on any atom is -0.618 e. The number of nitrogens with one attached hydrogen (secondary N) is 1. The van der Waals surface area contributed by atoms with Crippen molar-refractivity contribution < 1.29 is 42.1 Å². The lowest BCUT2D eigenvalue weighted by atomic mass is 10.00.